The fraction of sp³-hybridized carbons (Fsp3) is 0.562. The van der Waals surface area contributed by atoms with Crippen LogP contribution in [0, 0.1) is 0 Å². The highest BCUT2D eigenvalue weighted by Gasteiger charge is 2.22. The van der Waals surface area contributed by atoms with Crippen molar-refractivity contribution < 1.29 is 0 Å². The highest BCUT2D eigenvalue weighted by Crippen LogP contribution is 2.27. The summed E-state index contributed by atoms with van der Waals surface area (Å²) < 4.78 is 2.26. The summed E-state index contributed by atoms with van der Waals surface area (Å²) in [7, 11) is 0. The number of nitrogens with zero attached hydrogens (tertiary/aromatic N) is 3. The molecule has 0 N–H and O–H groups in total. The van der Waals surface area contributed by atoms with Crippen LogP contribution in [0.5, 0.6) is 0 Å². The summed E-state index contributed by atoms with van der Waals surface area (Å²) in [5, 5.41) is 0.607. The fourth-order valence-corrected chi connectivity index (χ4v) is 3.51. The number of imidazole rings is 1. The molecule has 5 heteroatoms. The number of alkyl halides is 1. The molecule has 1 aliphatic rings. The Morgan fingerprint density at radius 3 is 2.62 bits per heavy atom. The number of aromatic nitrogens is 2. The molecule has 1 fully saturated rings. The molecule has 0 bridgehead atoms. The van der Waals surface area contributed by atoms with Gasteiger partial charge < -0.3 is 4.57 Å². The zero-order valence-corrected chi connectivity index (χ0v) is 14.0. The van der Waals surface area contributed by atoms with E-state index in [0.29, 0.717) is 11.1 Å². The van der Waals surface area contributed by atoms with Gasteiger partial charge in [0.15, 0.2) is 0 Å². The predicted molar refractivity (Wildman–Crippen MR) is 89.3 cm³/mol. The van der Waals surface area contributed by atoms with E-state index in [4.69, 9.17) is 23.2 Å². The summed E-state index contributed by atoms with van der Waals surface area (Å²) in [6.07, 6.45) is 2.62. The first-order chi connectivity index (χ1) is 10.1. The Balaban J connectivity index is 1.96. The van der Waals surface area contributed by atoms with Crippen LogP contribution >= 0.6 is 23.2 Å². The van der Waals surface area contributed by atoms with Gasteiger partial charge in [-0.1, -0.05) is 11.6 Å². The summed E-state index contributed by atoms with van der Waals surface area (Å²) in [5.41, 5.74) is 2.05. The van der Waals surface area contributed by atoms with Crippen molar-refractivity contribution in [3.05, 3.63) is 29.0 Å². The van der Waals surface area contributed by atoms with E-state index in [1.807, 2.05) is 25.1 Å². The summed E-state index contributed by atoms with van der Waals surface area (Å²) in [5.74, 6) is 0.931. The van der Waals surface area contributed by atoms with E-state index in [2.05, 4.69) is 21.4 Å². The Morgan fingerprint density at radius 2 is 1.95 bits per heavy atom. The van der Waals surface area contributed by atoms with E-state index in [-0.39, 0.29) is 5.38 Å². The molecule has 2 unspecified atom stereocenters. The summed E-state index contributed by atoms with van der Waals surface area (Å²) >= 11 is 12.4. The number of hydrogen-bond donors (Lipinski definition) is 0. The molecule has 1 aromatic carbocycles. The van der Waals surface area contributed by atoms with Crippen molar-refractivity contribution in [1.29, 1.82) is 0 Å². The van der Waals surface area contributed by atoms with Crippen LogP contribution in [0.25, 0.3) is 11.0 Å². The van der Waals surface area contributed by atoms with E-state index in [1.54, 1.807) is 0 Å². The van der Waals surface area contributed by atoms with Crippen molar-refractivity contribution in [2.45, 2.75) is 44.7 Å². The first-order valence-electron chi connectivity index (χ1n) is 7.60. The van der Waals surface area contributed by atoms with Crippen molar-refractivity contribution >= 4 is 34.2 Å². The van der Waals surface area contributed by atoms with E-state index < -0.39 is 0 Å². The minimum absolute atomic E-state index is 0.109. The summed E-state index contributed by atoms with van der Waals surface area (Å²) in [4.78, 5) is 7.23. The third-order valence-corrected chi connectivity index (χ3v) is 4.74. The second-order valence-corrected chi connectivity index (χ2v) is 7.01. The van der Waals surface area contributed by atoms with Crippen LogP contribution in [0.1, 0.15) is 37.9 Å². The van der Waals surface area contributed by atoms with Crippen LogP contribution in [-0.2, 0) is 6.54 Å². The number of halogens is 2. The summed E-state index contributed by atoms with van der Waals surface area (Å²) in [6, 6.07) is 6.38. The molecular weight excluding hydrogens is 305 g/mol. The average molecular weight is 326 g/mol. The van der Waals surface area contributed by atoms with Gasteiger partial charge in [0, 0.05) is 17.6 Å². The Labute approximate surface area is 135 Å². The molecule has 2 aromatic rings. The molecule has 1 aromatic heterocycles. The second kappa shape index (κ2) is 6.15. The predicted octanol–water partition coefficient (Wildman–Crippen LogP) is 4.47. The van der Waals surface area contributed by atoms with Gasteiger partial charge in [-0.05, 0) is 58.0 Å². The molecule has 3 rings (SSSR count). The van der Waals surface area contributed by atoms with Gasteiger partial charge >= 0.3 is 0 Å². The smallest absolute Gasteiger partial charge is 0.127 e. The standard InChI is InChI=1S/C16H21Cl2N3/c1-11(20-7-3-4-8-20)10-21-15-6-5-13(18)9-14(15)19-16(21)12(2)17/h5-6,9,11-12H,3-4,7-8,10H2,1-2H3. The molecule has 1 aliphatic heterocycles. The lowest BCUT2D eigenvalue weighted by Crippen LogP contribution is -2.34. The third kappa shape index (κ3) is 3.05. The van der Waals surface area contributed by atoms with Crippen molar-refractivity contribution in [2.24, 2.45) is 0 Å². The molecule has 21 heavy (non-hydrogen) atoms. The number of hydrogen-bond acceptors (Lipinski definition) is 2. The highest BCUT2D eigenvalue weighted by molar-refractivity contribution is 6.31. The number of benzene rings is 1. The molecule has 1 saturated heterocycles. The maximum Gasteiger partial charge on any atom is 0.127 e. The largest absolute Gasteiger partial charge is 0.325 e. The lowest BCUT2D eigenvalue weighted by Gasteiger charge is -2.25. The van der Waals surface area contributed by atoms with Crippen molar-refractivity contribution in [3.8, 4) is 0 Å². The lowest BCUT2D eigenvalue weighted by molar-refractivity contribution is 0.236. The number of rotatable bonds is 4. The zero-order chi connectivity index (χ0) is 15.0. The molecule has 0 radical (unpaired) electrons. The van der Waals surface area contributed by atoms with Crippen LogP contribution in [-0.4, -0.2) is 33.6 Å². The van der Waals surface area contributed by atoms with Gasteiger partial charge in [-0.2, -0.15) is 0 Å². The van der Waals surface area contributed by atoms with Gasteiger partial charge in [-0.3, -0.25) is 4.90 Å². The monoisotopic (exact) mass is 325 g/mol. The lowest BCUT2D eigenvalue weighted by atomic mass is 10.2. The molecule has 2 heterocycles. The van der Waals surface area contributed by atoms with Gasteiger partial charge in [0.2, 0.25) is 0 Å². The molecular formula is C16H21Cl2N3. The third-order valence-electron chi connectivity index (χ3n) is 4.31. The molecule has 0 amide bonds. The van der Waals surface area contributed by atoms with Gasteiger partial charge in [0.05, 0.1) is 16.4 Å². The molecule has 3 nitrogen and oxygen atoms in total. The van der Waals surface area contributed by atoms with Crippen molar-refractivity contribution in [2.75, 3.05) is 13.1 Å². The average Bonchev–Trinajstić information content (AvgIpc) is 3.06. The van der Waals surface area contributed by atoms with Gasteiger partial charge in [0.1, 0.15) is 5.82 Å². The number of fused-ring (bicyclic) bond motifs is 1. The molecule has 2 atom stereocenters. The SMILES string of the molecule is CC(Cl)c1nc2cc(Cl)ccc2n1CC(C)N1CCCC1. The van der Waals surface area contributed by atoms with Crippen molar-refractivity contribution in [3.63, 3.8) is 0 Å². The molecule has 0 aliphatic carbocycles. The van der Waals surface area contributed by atoms with Gasteiger partial charge in [-0.15, -0.1) is 11.6 Å². The Kier molecular flexibility index (Phi) is 4.43. The van der Waals surface area contributed by atoms with E-state index in [9.17, 15) is 0 Å². The normalized spacial score (nSPS) is 19.2. The van der Waals surface area contributed by atoms with E-state index >= 15 is 0 Å². The molecule has 114 valence electrons. The second-order valence-electron chi connectivity index (χ2n) is 5.92. The first kappa shape index (κ1) is 15.1. The Bertz CT molecular complexity index is 630. The quantitative estimate of drug-likeness (QED) is 0.773. The molecule has 0 spiro atoms. The minimum atomic E-state index is -0.109. The van der Waals surface area contributed by atoms with Crippen LogP contribution in [0.3, 0.4) is 0 Å². The Hall–Kier alpha value is -0.770. The minimum Gasteiger partial charge on any atom is -0.325 e. The maximum atomic E-state index is 6.33. The topological polar surface area (TPSA) is 21.1 Å². The first-order valence-corrected chi connectivity index (χ1v) is 8.41. The zero-order valence-electron chi connectivity index (χ0n) is 12.5. The Morgan fingerprint density at radius 1 is 1.24 bits per heavy atom. The van der Waals surface area contributed by atoms with Crippen LogP contribution in [0.2, 0.25) is 5.02 Å². The highest BCUT2D eigenvalue weighted by atomic mass is 35.5. The van der Waals surface area contributed by atoms with Crippen LogP contribution in [0.15, 0.2) is 18.2 Å². The van der Waals surface area contributed by atoms with Crippen LogP contribution in [0.4, 0.5) is 0 Å². The number of likely N-dealkylation sites (tertiary alicyclic amines) is 1. The molecule has 0 saturated carbocycles. The summed E-state index contributed by atoms with van der Waals surface area (Å²) in [6.45, 7) is 7.58. The van der Waals surface area contributed by atoms with Gasteiger partial charge in [-0.25, -0.2) is 4.98 Å². The van der Waals surface area contributed by atoms with E-state index in [0.717, 1.165) is 23.4 Å². The van der Waals surface area contributed by atoms with Gasteiger partial charge in [0.25, 0.3) is 0 Å². The maximum absolute atomic E-state index is 6.33. The fourth-order valence-electron chi connectivity index (χ4n) is 3.18. The van der Waals surface area contributed by atoms with Crippen molar-refractivity contribution in [1.82, 2.24) is 14.5 Å². The van der Waals surface area contributed by atoms with Crippen LogP contribution < -0.4 is 0 Å². The van der Waals surface area contributed by atoms with E-state index in [1.165, 1.54) is 25.9 Å².